The minimum Gasteiger partial charge on any atom is -0.459 e. The fourth-order valence-corrected chi connectivity index (χ4v) is 6.86. The van der Waals surface area contributed by atoms with Crippen LogP contribution < -0.4 is 0 Å². The number of carbonyl (C=O) groups is 7. The van der Waals surface area contributed by atoms with Gasteiger partial charge in [-0.3, -0.25) is 14.4 Å². The molecule has 64 heavy (non-hydrogen) atoms. The van der Waals surface area contributed by atoms with Crippen molar-refractivity contribution in [3.8, 4) is 0 Å². The van der Waals surface area contributed by atoms with Crippen LogP contribution in [0.15, 0.2) is 121 Å². The first-order chi connectivity index (χ1) is 30.8. The predicted molar refractivity (Wildman–Crippen MR) is 216 cm³/mol. The van der Waals surface area contributed by atoms with E-state index in [2.05, 4.69) is 0 Å². The SMILES string of the molecule is CC(=O)O[C@@H]1[C@@H](OC(C)=O)[C@@H](O)O[C@H](CO[C@@H]2O[C@H](COC(=O)c3ccccc3)[C@@H](OC(=O)c3ccccc3)[C@H](OC(=O)c3ccccc3)[C@H]2OC(=O)c2ccccc2)[C@H]1OC(C)=O. The quantitative estimate of drug-likeness (QED) is 0.132. The van der Waals surface area contributed by atoms with E-state index >= 15 is 0 Å². The second-order valence-corrected chi connectivity index (χ2v) is 14.3. The van der Waals surface area contributed by atoms with E-state index in [4.69, 9.17) is 47.4 Å². The molecule has 0 amide bonds. The van der Waals surface area contributed by atoms with Crippen molar-refractivity contribution in [2.45, 2.75) is 82.2 Å². The molecule has 2 heterocycles. The zero-order valence-electron chi connectivity index (χ0n) is 34.6. The van der Waals surface area contributed by atoms with Crippen molar-refractivity contribution in [2.24, 2.45) is 0 Å². The second-order valence-electron chi connectivity index (χ2n) is 14.3. The standard InChI is InChI=1S/C46H44O18/c1-26(47)57-35-33(60-45(54)39(59-28(3)49)37(35)58-27(2)48)25-56-46-40(64-44(53)32-22-14-7-15-23-32)38(63-43(52)31-20-12-6-13-21-31)36(62-42(51)30-18-10-5-11-19-30)34(61-46)24-55-41(50)29-16-8-4-9-17-29/h4-23,33-40,45-46,54H,24-25H2,1-3H3/t33-,34-,35-,36-,37+,38+,39-,40-,45+,46-/m1/s1. The molecule has 2 fully saturated rings. The monoisotopic (exact) mass is 884 g/mol. The van der Waals surface area contributed by atoms with Gasteiger partial charge in [0.25, 0.3) is 0 Å². The van der Waals surface area contributed by atoms with Crippen molar-refractivity contribution in [2.75, 3.05) is 13.2 Å². The minimum atomic E-state index is -1.97. The summed E-state index contributed by atoms with van der Waals surface area (Å²) in [7, 11) is 0. The first-order valence-corrected chi connectivity index (χ1v) is 19.9. The Morgan fingerprint density at radius 1 is 0.422 bits per heavy atom. The maximum Gasteiger partial charge on any atom is 0.338 e. The molecule has 2 saturated heterocycles. The summed E-state index contributed by atoms with van der Waals surface area (Å²) in [5.74, 6) is -6.34. The van der Waals surface area contributed by atoms with Crippen LogP contribution in [-0.2, 0) is 61.8 Å². The normalized spacial score (nSPS) is 25.1. The van der Waals surface area contributed by atoms with Crippen LogP contribution in [0, 0.1) is 0 Å². The van der Waals surface area contributed by atoms with Crippen LogP contribution in [0.25, 0.3) is 0 Å². The molecular weight excluding hydrogens is 840 g/mol. The minimum absolute atomic E-state index is 0.0422. The number of esters is 7. The van der Waals surface area contributed by atoms with Gasteiger partial charge in [-0.1, -0.05) is 72.8 Å². The fraction of sp³-hybridized carbons (Fsp3) is 0.326. The zero-order chi connectivity index (χ0) is 45.8. The summed E-state index contributed by atoms with van der Waals surface area (Å²) in [6.07, 6.45) is -17.0. The van der Waals surface area contributed by atoms with Gasteiger partial charge in [0.05, 0.1) is 28.9 Å². The lowest BCUT2D eigenvalue weighted by Crippen LogP contribution is -2.65. The first kappa shape index (κ1) is 46.5. The highest BCUT2D eigenvalue weighted by atomic mass is 16.7. The number of ether oxygens (including phenoxy) is 10. The molecule has 10 atom stereocenters. The zero-order valence-corrected chi connectivity index (χ0v) is 34.6. The van der Waals surface area contributed by atoms with Crippen molar-refractivity contribution in [1.82, 2.24) is 0 Å². The third-order valence-electron chi connectivity index (χ3n) is 9.68. The molecule has 0 bridgehead atoms. The van der Waals surface area contributed by atoms with E-state index in [0.717, 1.165) is 20.8 Å². The Morgan fingerprint density at radius 2 is 0.766 bits per heavy atom. The maximum atomic E-state index is 14.0. The summed E-state index contributed by atoms with van der Waals surface area (Å²) < 4.78 is 58.2. The Bertz CT molecular complexity index is 2240. The lowest BCUT2D eigenvalue weighted by atomic mass is 9.97. The van der Waals surface area contributed by atoms with Gasteiger partial charge in [0.15, 0.2) is 49.2 Å². The predicted octanol–water partition coefficient (Wildman–Crippen LogP) is 3.77. The number of benzene rings is 4. The van der Waals surface area contributed by atoms with Gasteiger partial charge in [-0.2, -0.15) is 0 Å². The van der Waals surface area contributed by atoms with Crippen LogP contribution in [0.3, 0.4) is 0 Å². The number of aliphatic hydroxyl groups is 1. The topological polar surface area (TPSA) is 232 Å². The van der Waals surface area contributed by atoms with Crippen molar-refractivity contribution in [3.05, 3.63) is 144 Å². The smallest absolute Gasteiger partial charge is 0.338 e. The maximum absolute atomic E-state index is 14.0. The third kappa shape index (κ3) is 12.1. The Hall–Kier alpha value is -6.99. The summed E-state index contributed by atoms with van der Waals surface area (Å²) in [5.41, 5.74) is 0.323. The summed E-state index contributed by atoms with van der Waals surface area (Å²) in [6.45, 7) is 1.72. The summed E-state index contributed by atoms with van der Waals surface area (Å²) in [6, 6.07) is 31.1. The highest BCUT2D eigenvalue weighted by molar-refractivity contribution is 5.91. The van der Waals surface area contributed by atoms with Crippen molar-refractivity contribution in [1.29, 1.82) is 0 Å². The average molecular weight is 885 g/mol. The molecule has 336 valence electrons. The van der Waals surface area contributed by atoms with Crippen LogP contribution in [0.2, 0.25) is 0 Å². The summed E-state index contributed by atoms with van der Waals surface area (Å²) in [4.78, 5) is 91.7. The van der Waals surface area contributed by atoms with Crippen molar-refractivity contribution in [3.63, 3.8) is 0 Å². The van der Waals surface area contributed by atoms with Crippen LogP contribution in [0.1, 0.15) is 62.2 Å². The lowest BCUT2D eigenvalue weighted by Gasteiger charge is -2.46. The van der Waals surface area contributed by atoms with Gasteiger partial charge in [-0.25, -0.2) is 19.2 Å². The first-order valence-electron chi connectivity index (χ1n) is 19.9. The average Bonchev–Trinajstić information content (AvgIpc) is 3.29. The molecule has 2 aliphatic heterocycles. The molecule has 0 aromatic heterocycles. The molecule has 18 heteroatoms. The van der Waals surface area contributed by atoms with Crippen LogP contribution >= 0.6 is 0 Å². The van der Waals surface area contributed by atoms with Crippen LogP contribution in [-0.4, -0.2) is 122 Å². The molecule has 0 radical (unpaired) electrons. The summed E-state index contributed by atoms with van der Waals surface area (Å²) >= 11 is 0. The van der Waals surface area contributed by atoms with E-state index in [1.54, 1.807) is 72.8 Å². The van der Waals surface area contributed by atoms with Gasteiger partial charge < -0.3 is 52.5 Å². The van der Waals surface area contributed by atoms with Gasteiger partial charge in [-0.15, -0.1) is 0 Å². The molecule has 0 spiro atoms. The molecule has 2 aliphatic rings. The van der Waals surface area contributed by atoms with Crippen LogP contribution in [0.4, 0.5) is 0 Å². The molecule has 4 aromatic rings. The van der Waals surface area contributed by atoms with E-state index in [9.17, 15) is 38.7 Å². The lowest BCUT2D eigenvalue weighted by molar-refractivity contribution is -0.326. The van der Waals surface area contributed by atoms with E-state index in [1.165, 1.54) is 48.5 Å². The molecular formula is C46H44O18. The number of aliphatic hydroxyl groups excluding tert-OH is 1. The summed E-state index contributed by atoms with van der Waals surface area (Å²) in [5, 5.41) is 11.0. The number of hydrogen-bond acceptors (Lipinski definition) is 18. The van der Waals surface area contributed by atoms with Crippen molar-refractivity contribution >= 4 is 41.8 Å². The highest BCUT2D eigenvalue weighted by Crippen LogP contribution is 2.34. The number of hydrogen-bond donors (Lipinski definition) is 1. The molecule has 18 nitrogen and oxygen atoms in total. The third-order valence-corrected chi connectivity index (χ3v) is 9.68. The Morgan fingerprint density at radius 3 is 1.22 bits per heavy atom. The molecule has 6 rings (SSSR count). The number of carbonyl (C=O) groups excluding carboxylic acids is 7. The van der Waals surface area contributed by atoms with E-state index in [1.807, 2.05) is 0 Å². The van der Waals surface area contributed by atoms with Gasteiger partial charge in [0.2, 0.25) is 0 Å². The van der Waals surface area contributed by atoms with E-state index in [-0.39, 0.29) is 22.3 Å². The van der Waals surface area contributed by atoms with Crippen LogP contribution in [0.5, 0.6) is 0 Å². The highest BCUT2D eigenvalue weighted by Gasteiger charge is 2.56. The molecule has 0 saturated carbocycles. The van der Waals surface area contributed by atoms with E-state index < -0.39 is 116 Å². The molecule has 1 N–H and O–H groups in total. The fourth-order valence-electron chi connectivity index (χ4n) is 6.86. The largest absolute Gasteiger partial charge is 0.459 e. The molecule has 0 unspecified atom stereocenters. The Balaban J connectivity index is 1.42. The van der Waals surface area contributed by atoms with Gasteiger partial charge >= 0.3 is 41.8 Å². The number of rotatable bonds is 15. The molecule has 0 aliphatic carbocycles. The van der Waals surface area contributed by atoms with Gasteiger partial charge in [0, 0.05) is 20.8 Å². The van der Waals surface area contributed by atoms with E-state index in [0.29, 0.717) is 0 Å². The van der Waals surface area contributed by atoms with Crippen molar-refractivity contribution < 1.29 is 86.0 Å². The van der Waals surface area contributed by atoms with Gasteiger partial charge in [-0.05, 0) is 48.5 Å². The Labute approximate surface area is 366 Å². The Kier molecular flexibility index (Phi) is 15.9. The molecule has 4 aromatic carbocycles. The second kappa shape index (κ2) is 21.9. The van der Waals surface area contributed by atoms with Gasteiger partial charge in [0.1, 0.15) is 18.8 Å².